The minimum atomic E-state index is -0.597. The third-order valence-electron chi connectivity index (χ3n) is 2.97. The van der Waals surface area contributed by atoms with Gasteiger partial charge in [-0.1, -0.05) is 23.7 Å². The lowest BCUT2D eigenvalue weighted by atomic mass is 10.2. The number of carbonyl (C=O) groups is 2. The molecule has 1 N–H and O–H groups in total. The fraction of sp³-hybridized carbons (Fsp3) is 0.176. The highest BCUT2D eigenvalue weighted by atomic mass is 35.5. The summed E-state index contributed by atoms with van der Waals surface area (Å²) in [5, 5.41) is 3.29. The summed E-state index contributed by atoms with van der Waals surface area (Å²) in [5.41, 5.74) is 0.808. The standard InChI is InChI=1S/C17H16ClNO4/c1-12(15-3-2-10-22-15)19-16(20)11-23-17(21)9-6-13-4-7-14(18)8-5-13/h2-10,12H,11H2,1H3,(H,19,20)/b9-6+/t12-/m0/s1. The van der Waals surface area contributed by atoms with Gasteiger partial charge in [-0.05, 0) is 42.8 Å². The zero-order chi connectivity index (χ0) is 16.7. The zero-order valence-corrected chi connectivity index (χ0v) is 13.2. The monoisotopic (exact) mass is 333 g/mol. The molecule has 0 aliphatic carbocycles. The summed E-state index contributed by atoms with van der Waals surface area (Å²) in [6.07, 6.45) is 4.37. The van der Waals surface area contributed by atoms with Gasteiger partial charge >= 0.3 is 5.97 Å². The van der Waals surface area contributed by atoms with E-state index in [9.17, 15) is 9.59 Å². The van der Waals surface area contributed by atoms with Crippen LogP contribution in [-0.2, 0) is 14.3 Å². The minimum absolute atomic E-state index is 0.291. The van der Waals surface area contributed by atoms with Crippen molar-refractivity contribution >= 4 is 29.6 Å². The second-order valence-corrected chi connectivity index (χ2v) is 5.23. The molecule has 1 aromatic carbocycles. The Morgan fingerprint density at radius 3 is 2.70 bits per heavy atom. The number of furan rings is 1. The van der Waals surface area contributed by atoms with Crippen molar-refractivity contribution in [3.8, 4) is 0 Å². The first kappa shape index (κ1) is 16.8. The van der Waals surface area contributed by atoms with E-state index < -0.39 is 11.9 Å². The molecule has 0 fully saturated rings. The highest BCUT2D eigenvalue weighted by Crippen LogP contribution is 2.12. The lowest BCUT2D eigenvalue weighted by Crippen LogP contribution is -2.30. The van der Waals surface area contributed by atoms with Crippen LogP contribution in [-0.4, -0.2) is 18.5 Å². The lowest BCUT2D eigenvalue weighted by molar-refractivity contribution is -0.144. The quantitative estimate of drug-likeness (QED) is 0.650. The summed E-state index contributed by atoms with van der Waals surface area (Å²) in [6, 6.07) is 10.2. The predicted octanol–water partition coefficient (Wildman–Crippen LogP) is 3.37. The third-order valence-corrected chi connectivity index (χ3v) is 3.23. The Balaban J connectivity index is 1.75. The molecule has 0 aliphatic rings. The van der Waals surface area contributed by atoms with Crippen LogP contribution in [0.2, 0.25) is 5.02 Å². The fourth-order valence-corrected chi connectivity index (χ4v) is 1.94. The van der Waals surface area contributed by atoms with Crippen LogP contribution in [0, 0.1) is 0 Å². The van der Waals surface area contributed by atoms with Crippen LogP contribution < -0.4 is 5.32 Å². The molecule has 1 heterocycles. The van der Waals surface area contributed by atoms with Crippen LogP contribution in [0.3, 0.4) is 0 Å². The Morgan fingerprint density at radius 2 is 2.04 bits per heavy atom. The number of esters is 1. The van der Waals surface area contributed by atoms with E-state index in [0.717, 1.165) is 5.56 Å². The van der Waals surface area contributed by atoms with Crippen molar-refractivity contribution in [2.24, 2.45) is 0 Å². The number of halogens is 1. The average molecular weight is 334 g/mol. The van der Waals surface area contributed by atoms with Gasteiger partial charge in [-0.3, -0.25) is 4.79 Å². The molecule has 2 rings (SSSR count). The predicted molar refractivity (Wildman–Crippen MR) is 86.7 cm³/mol. The number of hydrogen-bond donors (Lipinski definition) is 1. The van der Waals surface area contributed by atoms with E-state index in [-0.39, 0.29) is 12.6 Å². The molecule has 1 aromatic heterocycles. The summed E-state index contributed by atoms with van der Waals surface area (Å²) in [4.78, 5) is 23.3. The molecule has 0 aliphatic heterocycles. The SMILES string of the molecule is C[C@H](NC(=O)COC(=O)/C=C/c1ccc(Cl)cc1)c1ccco1. The topological polar surface area (TPSA) is 68.5 Å². The van der Waals surface area contributed by atoms with Gasteiger partial charge in [0.15, 0.2) is 6.61 Å². The summed E-state index contributed by atoms with van der Waals surface area (Å²) in [5.74, 6) is -0.366. The number of rotatable bonds is 6. The van der Waals surface area contributed by atoms with E-state index in [1.54, 1.807) is 49.4 Å². The van der Waals surface area contributed by atoms with Crippen LogP contribution in [0.25, 0.3) is 6.08 Å². The van der Waals surface area contributed by atoms with Gasteiger partial charge in [0.25, 0.3) is 5.91 Å². The molecule has 1 atom stereocenters. The molecule has 1 amide bonds. The van der Waals surface area contributed by atoms with Crippen LogP contribution in [0.4, 0.5) is 0 Å². The Hall–Kier alpha value is -2.53. The molecule has 0 unspecified atom stereocenters. The first-order valence-corrected chi connectivity index (χ1v) is 7.35. The third kappa shape index (κ3) is 5.64. The largest absolute Gasteiger partial charge is 0.467 e. The molecule has 120 valence electrons. The number of benzene rings is 1. The van der Waals surface area contributed by atoms with Gasteiger partial charge in [0.2, 0.25) is 0 Å². The van der Waals surface area contributed by atoms with Gasteiger partial charge in [-0.25, -0.2) is 4.79 Å². The summed E-state index contributed by atoms with van der Waals surface area (Å²) in [6.45, 7) is 1.42. The van der Waals surface area contributed by atoms with Crippen molar-refractivity contribution in [3.05, 3.63) is 65.1 Å². The molecule has 0 radical (unpaired) electrons. The van der Waals surface area contributed by atoms with Gasteiger partial charge in [-0.2, -0.15) is 0 Å². The Kier molecular flexibility index (Phi) is 6.00. The molecule has 0 saturated carbocycles. The molecule has 6 heteroatoms. The Bertz CT molecular complexity index is 677. The Labute approximate surface area is 138 Å². The maximum Gasteiger partial charge on any atom is 0.331 e. The number of ether oxygens (including phenoxy) is 1. The minimum Gasteiger partial charge on any atom is -0.467 e. The number of amides is 1. The molecular formula is C17H16ClNO4. The fourth-order valence-electron chi connectivity index (χ4n) is 1.81. The maximum atomic E-state index is 11.7. The number of carbonyl (C=O) groups excluding carboxylic acids is 2. The van der Waals surface area contributed by atoms with Crippen LogP contribution in [0.1, 0.15) is 24.3 Å². The molecule has 2 aromatic rings. The molecule has 5 nitrogen and oxygen atoms in total. The van der Waals surface area contributed by atoms with Gasteiger partial charge in [-0.15, -0.1) is 0 Å². The molecular weight excluding hydrogens is 318 g/mol. The van der Waals surface area contributed by atoms with E-state index in [0.29, 0.717) is 10.8 Å². The molecule has 0 bridgehead atoms. The van der Waals surface area contributed by atoms with E-state index in [1.807, 2.05) is 0 Å². The number of nitrogens with one attached hydrogen (secondary N) is 1. The molecule has 0 spiro atoms. The van der Waals surface area contributed by atoms with E-state index in [2.05, 4.69) is 5.32 Å². The summed E-state index contributed by atoms with van der Waals surface area (Å²) in [7, 11) is 0. The van der Waals surface area contributed by atoms with Gasteiger partial charge in [0, 0.05) is 11.1 Å². The molecule has 0 saturated heterocycles. The van der Waals surface area contributed by atoms with Crippen molar-refractivity contribution in [1.29, 1.82) is 0 Å². The van der Waals surface area contributed by atoms with Crippen molar-refractivity contribution in [3.63, 3.8) is 0 Å². The average Bonchev–Trinajstić information content (AvgIpc) is 3.07. The van der Waals surface area contributed by atoms with Crippen LogP contribution in [0.5, 0.6) is 0 Å². The zero-order valence-electron chi connectivity index (χ0n) is 12.5. The van der Waals surface area contributed by atoms with Crippen LogP contribution >= 0.6 is 11.6 Å². The van der Waals surface area contributed by atoms with Gasteiger partial charge in [0.1, 0.15) is 5.76 Å². The number of hydrogen-bond acceptors (Lipinski definition) is 4. The van der Waals surface area contributed by atoms with Crippen molar-refractivity contribution in [1.82, 2.24) is 5.32 Å². The first-order chi connectivity index (χ1) is 11.0. The Morgan fingerprint density at radius 1 is 1.30 bits per heavy atom. The second kappa shape index (κ2) is 8.19. The van der Waals surface area contributed by atoms with Crippen LogP contribution in [0.15, 0.2) is 53.2 Å². The van der Waals surface area contributed by atoms with E-state index in [1.165, 1.54) is 12.3 Å². The van der Waals surface area contributed by atoms with E-state index >= 15 is 0 Å². The first-order valence-electron chi connectivity index (χ1n) is 6.98. The summed E-state index contributed by atoms with van der Waals surface area (Å²) >= 11 is 5.77. The second-order valence-electron chi connectivity index (χ2n) is 4.80. The maximum absolute atomic E-state index is 11.7. The highest BCUT2D eigenvalue weighted by molar-refractivity contribution is 6.30. The van der Waals surface area contributed by atoms with Gasteiger partial charge in [0.05, 0.1) is 12.3 Å². The lowest BCUT2D eigenvalue weighted by Gasteiger charge is -2.11. The molecule has 23 heavy (non-hydrogen) atoms. The van der Waals surface area contributed by atoms with Crippen molar-refractivity contribution in [2.75, 3.05) is 6.61 Å². The highest BCUT2D eigenvalue weighted by Gasteiger charge is 2.12. The van der Waals surface area contributed by atoms with Crippen molar-refractivity contribution in [2.45, 2.75) is 13.0 Å². The van der Waals surface area contributed by atoms with Gasteiger partial charge < -0.3 is 14.5 Å². The smallest absolute Gasteiger partial charge is 0.331 e. The van der Waals surface area contributed by atoms with Crippen molar-refractivity contribution < 1.29 is 18.7 Å². The van der Waals surface area contributed by atoms with E-state index in [4.69, 9.17) is 20.8 Å². The normalized spacial score (nSPS) is 12.1. The summed E-state index contributed by atoms with van der Waals surface area (Å²) < 4.78 is 10.0.